The number of carbonyl (C=O) groups is 1. The van der Waals surface area contributed by atoms with Crippen LogP contribution in [0.15, 0.2) is 12.1 Å². The first-order valence-electron chi connectivity index (χ1n) is 3.98. The van der Waals surface area contributed by atoms with Crippen molar-refractivity contribution in [2.24, 2.45) is 0 Å². The third-order valence-electron chi connectivity index (χ3n) is 1.65. The molecule has 0 bridgehead atoms. The van der Waals surface area contributed by atoms with E-state index in [1.54, 1.807) is 0 Å². The van der Waals surface area contributed by atoms with Gasteiger partial charge in [-0.1, -0.05) is 11.6 Å². The second kappa shape index (κ2) is 4.64. The van der Waals surface area contributed by atoms with Crippen LogP contribution in [0.3, 0.4) is 0 Å². The van der Waals surface area contributed by atoms with E-state index >= 15 is 0 Å². The number of anilines is 2. The SMILES string of the molecule is N#Cc1cc(N)c(Cl)c(NC(=O)CO)c1. The summed E-state index contributed by atoms with van der Waals surface area (Å²) in [6.45, 7) is -0.660. The highest BCUT2D eigenvalue weighted by Gasteiger charge is 2.09. The van der Waals surface area contributed by atoms with Crippen molar-refractivity contribution in [1.82, 2.24) is 0 Å². The Balaban J connectivity index is 3.12. The number of nitrogens with zero attached hydrogens (tertiary/aromatic N) is 1. The zero-order valence-corrected chi connectivity index (χ0v) is 8.38. The second-order valence-corrected chi connectivity index (χ2v) is 3.12. The average molecular weight is 226 g/mol. The highest BCUT2D eigenvalue weighted by atomic mass is 35.5. The summed E-state index contributed by atoms with van der Waals surface area (Å²) in [5.41, 5.74) is 6.21. The Morgan fingerprint density at radius 1 is 1.67 bits per heavy atom. The molecular weight excluding hydrogens is 218 g/mol. The molecule has 0 aliphatic heterocycles. The van der Waals surface area contributed by atoms with Crippen molar-refractivity contribution in [1.29, 1.82) is 5.26 Å². The van der Waals surface area contributed by atoms with Gasteiger partial charge in [0.05, 0.1) is 28.0 Å². The largest absolute Gasteiger partial charge is 0.397 e. The van der Waals surface area contributed by atoms with Crippen molar-refractivity contribution in [2.45, 2.75) is 0 Å². The van der Waals surface area contributed by atoms with Gasteiger partial charge >= 0.3 is 0 Å². The van der Waals surface area contributed by atoms with E-state index in [1.807, 2.05) is 6.07 Å². The first kappa shape index (κ1) is 11.3. The minimum atomic E-state index is -0.660. The summed E-state index contributed by atoms with van der Waals surface area (Å²) in [6, 6.07) is 4.66. The van der Waals surface area contributed by atoms with Gasteiger partial charge in [0.15, 0.2) is 0 Å². The Morgan fingerprint density at radius 2 is 2.33 bits per heavy atom. The van der Waals surface area contributed by atoms with E-state index < -0.39 is 12.5 Å². The highest BCUT2D eigenvalue weighted by molar-refractivity contribution is 6.36. The molecule has 78 valence electrons. The van der Waals surface area contributed by atoms with Crippen molar-refractivity contribution >= 4 is 28.9 Å². The molecule has 0 atom stereocenters. The standard InChI is InChI=1S/C9H8ClN3O2/c10-9-6(12)1-5(3-11)2-7(9)13-8(15)4-14/h1-2,14H,4,12H2,(H,13,15). The number of nitriles is 1. The zero-order chi connectivity index (χ0) is 11.4. The summed E-state index contributed by atoms with van der Waals surface area (Å²) in [6.07, 6.45) is 0. The molecule has 1 rings (SSSR count). The molecule has 6 heteroatoms. The van der Waals surface area contributed by atoms with Gasteiger partial charge in [0.1, 0.15) is 6.61 Å². The lowest BCUT2D eigenvalue weighted by atomic mass is 10.2. The summed E-state index contributed by atoms with van der Waals surface area (Å²) in [5, 5.41) is 19.7. The number of hydrogen-bond acceptors (Lipinski definition) is 4. The number of nitrogens with two attached hydrogens (primary N) is 1. The van der Waals surface area contributed by atoms with E-state index in [-0.39, 0.29) is 22.0 Å². The molecule has 0 spiro atoms. The average Bonchev–Trinajstić information content (AvgIpc) is 2.24. The maximum Gasteiger partial charge on any atom is 0.250 e. The van der Waals surface area contributed by atoms with Crippen LogP contribution in [0.5, 0.6) is 0 Å². The Bertz CT molecular complexity index is 440. The lowest BCUT2D eigenvalue weighted by molar-refractivity contribution is -0.118. The molecule has 0 fully saturated rings. The first-order chi connectivity index (χ1) is 7.08. The molecule has 0 aromatic heterocycles. The summed E-state index contributed by atoms with van der Waals surface area (Å²) in [4.78, 5) is 10.9. The maximum atomic E-state index is 10.9. The molecule has 0 saturated carbocycles. The quantitative estimate of drug-likeness (QED) is 0.646. The van der Waals surface area contributed by atoms with Gasteiger partial charge in [-0.3, -0.25) is 4.79 Å². The minimum absolute atomic E-state index is 0.149. The normalized spacial score (nSPS) is 9.40. The molecule has 1 aromatic carbocycles. The van der Waals surface area contributed by atoms with Crippen LogP contribution in [0.25, 0.3) is 0 Å². The van der Waals surface area contributed by atoms with Crippen LogP contribution in [0, 0.1) is 11.3 Å². The number of halogens is 1. The Morgan fingerprint density at radius 3 is 2.87 bits per heavy atom. The molecule has 0 radical (unpaired) electrons. The maximum absolute atomic E-state index is 10.9. The molecule has 1 aromatic rings. The van der Waals surface area contributed by atoms with E-state index in [0.717, 1.165) is 0 Å². The van der Waals surface area contributed by atoms with Crippen molar-refractivity contribution in [3.63, 3.8) is 0 Å². The minimum Gasteiger partial charge on any atom is -0.397 e. The monoisotopic (exact) mass is 225 g/mol. The van der Waals surface area contributed by atoms with Crippen molar-refractivity contribution in [3.05, 3.63) is 22.7 Å². The van der Waals surface area contributed by atoms with Crippen molar-refractivity contribution in [3.8, 4) is 6.07 Å². The highest BCUT2D eigenvalue weighted by Crippen LogP contribution is 2.29. The molecule has 0 aliphatic carbocycles. The van der Waals surface area contributed by atoms with Gasteiger partial charge in [-0.25, -0.2) is 0 Å². The van der Waals surface area contributed by atoms with Crippen molar-refractivity contribution < 1.29 is 9.90 Å². The molecule has 1 amide bonds. The van der Waals surface area contributed by atoms with Gasteiger partial charge in [0.25, 0.3) is 0 Å². The predicted octanol–water partition coefficient (Wildman–Crippen LogP) is 0.725. The molecule has 15 heavy (non-hydrogen) atoms. The molecular formula is C9H8ClN3O2. The Kier molecular flexibility index (Phi) is 3.50. The van der Waals surface area contributed by atoms with Crippen LogP contribution >= 0.6 is 11.6 Å². The van der Waals surface area contributed by atoms with E-state index in [4.69, 9.17) is 27.7 Å². The van der Waals surface area contributed by atoms with E-state index in [9.17, 15) is 4.79 Å². The van der Waals surface area contributed by atoms with Gasteiger partial charge in [-0.15, -0.1) is 0 Å². The van der Waals surface area contributed by atoms with Crippen LogP contribution in [-0.4, -0.2) is 17.6 Å². The predicted molar refractivity (Wildman–Crippen MR) is 56.3 cm³/mol. The van der Waals surface area contributed by atoms with Crippen LogP contribution < -0.4 is 11.1 Å². The number of rotatable bonds is 2. The molecule has 5 nitrogen and oxygen atoms in total. The first-order valence-corrected chi connectivity index (χ1v) is 4.36. The van der Waals surface area contributed by atoms with Gasteiger partial charge in [0, 0.05) is 0 Å². The number of carbonyl (C=O) groups excluding carboxylic acids is 1. The van der Waals surface area contributed by atoms with Gasteiger partial charge in [-0.2, -0.15) is 5.26 Å². The smallest absolute Gasteiger partial charge is 0.250 e. The number of nitrogen functional groups attached to an aromatic ring is 1. The summed E-state index contributed by atoms with van der Waals surface area (Å²) in [5.74, 6) is -0.619. The van der Waals surface area contributed by atoms with Crippen LogP contribution in [0.2, 0.25) is 5.02 Å². The summed E-state index contributed by atoms with van der Waals surface area (Å²) >= 11 is 5.79. The topological polar surface area (TPSA) is 99.1 Å². The van der Waals surface area contributed by atoms with Crippen LogP contribution in [-0.2, 0) is 4.79 Å². The molecule has 0 heterocycles. The third-order valence-corrected chi connectivity index (χ3v) is 2.07. The number of hydrogen-bond donors (Lipinski definition) is 3. The fourth-order valence-electron chi connectivity index (χ4n) is 0.992. The second-order valence-electron chi connectivity index (χ2n) is 2.75. The third kappa shape index (κ3) is 2.59. The van der Waals surface area contributed by atoms with E-state index in [1.165, 1.54) is 12.1 Å². The van der Waals surface area contributed by atoms with Crippen LogP contribution in [0.4, 0.5) is 11.4 Å². The number of amides is 1. The molecule has 0 aliphatic rings. The molecule has 4 N–H and O–H groups in total. The number of nitrogens with one attached hydrogen (secondary N) is 1. The molecule has 0 saturated heterocycles. The Hall–Kier alpha value is -1.77. The number of aliphatic hydroxyl groups excluding tert-OH is 1. The van der Waals surface area contributed by atoms with Crippen molar-refractivity contribution in [2.75, 3.05) is 17.7 Å². The fourth-order valence-corrected chi connectivity index (χ4v) is 1.15. The number of benzene rings is 1. The Labute approximate surface area is 91.1 Å². The lowest BCUT2D eigenvalue weighted by Crippen LogP contribution is -2.16. The van der Waals surface area contributed by atoms with E-state index in [2.05, 4.69) is 5.32 Å². The molecule has 0 unspecified atom stereocenters. The van der Waals surface area contributed by atoms with Crippen LogP contribution in [0.1, 0.15) is 5.56 Å². The number of aliphatic hydroxyl groups is 1. The van der Waals surface area contributed by atoms with Gasteiger partial charge in [-0.05, 0) is 12.1 Å². The zero-order valence-electron chi connectivity index (χ0n) is 7.62. The fraction of sp³-hybridized carbons (Fsp3) is 0.111. The summed E-state index contributed by atoms with van der Waals surface area (Å²) < 4.78 is 0. The van der Waals surface area contributed by atoms with Gasteiger partial charge < -0.3 is 16.2 Å². The summed E-state index contributed by atoms with van der Waals surface area (Å²) in [7, 11) is 0. The lowest BCUT2D eigenvalue weighted by Gasteiger charge is -2.08. The van der Waals surface area contributed by atoms with E-state index in [0.29, 0.717) is 0 Å². The van der Waals surface area contributed by atoms with Gasteiger partial charge in [0.2, 0.25) is 5.91 Å².